The molecule has 286 valence electrons. The minimum Gasteiger partial charge on any atom is -0.495 e. The van der Waals surface area contributed by atoms with Crippen LogP contribution in [-0.2, 0) is 14.2 Å². The Morgan fingerprint density at radius 1 is 0.527 bits per heavy atom. The normalized spacial score (nSPS) is 15.1. The van der Waals surface area contributed by atoms with Crippen LogP contribution in [0.1, 0.15) is 31.8 Å². The molecule has 0 bridgehead atoms. The number of hydrogen-bond donors (Lipinski definition) is 0. The lowest BCUT2D eigenvalue weighted by molar-refractivity contribution is 0.0530. The van der Waals surface area contributed by atoms with Crippen molar-refractivity contribution in [1.82, 2.24) is 0 Å². The van der Waals surface area contributed by atoms with Crippen LogP contribution < -0.4 is 19.3 Å². The fraction of sp³-hybridized carbons (Fsp3) is 0.318. The highest BCUT2D eigenvalue weighted by molar-refractivity contribution is 5.94. The SMILES string of the molecule is COc1cc2cc(-c3ccc(C)cc3C=O)oc2cc1N1CCOCCOCCN(c2cc3oc(-c4ccc(C)cc4C=O)cc3cc2OC)CCOCC1. The number of rotatable bonds is 8. The van der Waals surface area contributed by atoms with E-state index in [-0.39, 0.29) is 0 Å². The molecule has 1 saturated heterocycles. The molecule has 0 N–H and O–H groups in total. The van der Waals surface area contributed by atoms with Gasteiger partial charge in [-0.05, 0) is 50.2 Å². The van der Waals surface area contributed by atoms with Gasteiger partial charge >= 0.3 is 0 Å². The maximum Gasteiger partial charge on any atom is 0.150 e. The van der Waals surface area contributed by atoms with Crippen molar-refractivity contribution in [2.24, 2.45) is 0 Å². The van der Waals surface area contributed by atoms with Gasteiger partial charge < -0.3 is 42.3 Å². The highest BCUT2D eigenvalue weighted by Crippen LogP contribution is 2.39. The van der Waals surface area contributed by atoms with E-state index in [1.54, 1.807) is 14.2 Å². The number of methoxy groups -OCH3 is 2. The molecule has 0 unspecified atom stereocenters. The molecule has 1 aliphatic rings. The number of fused-ring (bicyclic) bond motifs is 2. The Morgan fingerprint density at radius 2 is 0.927 bits per heavy atom. The molecule has 6 aromatic rings. The van der Waals surface area contributed by atoms with E-state index >= 15 is 0 Å². The third-order valence-electron chi connectivity index (χ3n) is 9.91. The van der Waals surface area contributed by atoms with Crippen LogP contribution in [0.4, 0.5) is 11.4 Å². The zero-order valence-electron chi connectivity index (χ0n) is 31.7. The molecule has 1 fully saturated rings. The quantitative estimate of drug-likeness (QED) is 0.141. The van der Waals surface area contributed by atoms with Gasteiger partial charge in [0.05, 0.1) is 65.2 Å². The Labute approximate surface area is 320 Å². The van der Waals surface area contributed by atoms with Crippen LogP contribution in [0.25, 0.3) is 44.6 Å². The predicted octanol–water partition coefficient (Wildman–Crippen LogP) is 8.15. The van der Waals surface area contributed by atoms with E-state index in [9.17, 15) is 9.59 Å². The van der Waals surface area contributed by atoms with E-state index in [1.807, 2.05) is 86.6 Å². The smallest absolute Gasteiger partial charge is 0.150 e. The summed E-state index contributed by atoms with van der Waals surface area (Å²) in [5, 5.41) is 1.74. The van der Waals surface area contributed by atoms with Crippen LogP contribution >= 0.6 is 0 Å². The Balaban J connectivity index is 1.10. The van der Waals surface area contributed by atoms with Gasteiger partial charge in [0.15, 0.2) is 12.6 Å². The van der Waals surface area contributed by atoms with Crippen LogP contribution in [0, 0.1) is 13.8 Å². The van der Waals surface area contributed by atoms with Crippen molar-refractivity contribution in [1.29, 1.82) is 0 Å². The lowest BCUT2D eigenvalue weighted by atomic mass is 10.0. The van der Waals surface area contributed by atoms with Gasteiger partial charge in [0.25, 0.3) is 0 Å². The van der Waals surface area contributed by atoms with Gasteiger partial charge in [0.1, 0.15) is 34.2 Å². The standard InChI is InChI=1S/C44H46N2O9/c1-29-5-7-35(33(19-29)27-47)41-21-31-23-43(49-3)37(25-39(31)54-41)45-9-13-51-14-10-46(12-16-53-18-17-52-15-11-45)38-26-40-32(24-44(38)50-4)22-42(55-40)36-8-6-30(2)20-34(36)28-48/h5-8,19-28H,9-18H2,1-4H3. The summed E-state index contributed by atoms with van der Waals surface area (Å²) in [6, 6.07) is 23.2. The van der Waals surface area contributed by atoms with Crippen LogP contribution in [0.5, 0.6) is 11.5 Å². The second kappa shape index (κ2) is 17.2. The highest BCUT2D eigenvalue weighted by atomic mass is 16.5. The molecule has 1 aliphatic heterocycles. The number of carbonyl (C=O) groups excluding carboxylic acids is 2. The first-order valence-corrected chi connectivity index (χ1v) is 18.5. The first-order chi connectivity index (χ1) is 26.9. The summed E-state index contributed by atoms with van der Waals surface area (Å²) < 4.78 is 42.7. The molecule has 7 rings (SSSR count). The van der Waals surface area contributed by atoms with Crippen molar-refractivity contribution in [3.8, 4) is 34.1 Å². The second-order valence-electron chi connectivity index (χ2n) is 13.6. The molecule has 0 spiro atoms. The van der Waals surface area contributed by atoms with Crippen molar-refractivity contribution in [3.05, 3.63) is 95.1 Å². The molecule has 0 atom stereocenters. The number of hydrogen-bond acceptors (Lipinski definition) is 11. The number of aryl methyl sites for hydroxylation is 2. The van der Waals surface area contributed by atoms with Gasteiger partial charge in [-0.3, -0.25) is 9.59 Å². The minimum atomic E-state index is 0.448. The maximum absolute atomic E-state index is 11.9. The average molecular weight is 747 g/mol. The molecular weight excluding hydrogens is 700 g/mol. The van der Waals surface area contributed by atoms with Crippen LogP contribution in [0.15, 0.2) is 81.6 Å². The summed E-state index contributed by atoms with van der Waals surface area (Å²) in [4.78, 5) is 28.1. The van der Waals surface area contributed by atoms with Gasteiger partial charge in [-0.25, -0.2) is 0 Å². The molecule has 0 aliphatic carbocycles. The molecule has 0 amide bonds. The van der Waals surface area contributed by atoms with Crippen molar-refractivity contribution in [3.63, 3.8) is 0 Å². The Bertz CT molecular complexity index is 2130. The summed E-state index contributed by atoms with van der Waals surface area (Å²) in [6.45, 7) is 9.02. The molecule has 11 heteroatoms. The zero-order valence-corrected chi connectivity index (χ0v) is 31.7. The van der Waals surface area contributed by atoms with E-state index in [2.05, 4.69) is 9.80 Å². The largest absolute Gasteiger partial charge is 0.495 e. The van der Waals surface area contributed by atoms with Crippen LogP contribution in [0.2, 0.25) is 0 Å². The Hall–Kier alpha value is -5.62. The molecule has 55 heavy (non-hydrogen) atoms. The topological polar surface area (TPSA) is 113 Å². The number of furan rings is 2. The number of ether oxygens (including phenoxy) is 5. The molecule has 2 aromatic heterocycles. The van der Waals surface area contributed by atoms with Crippen molar-refractivity contribution < 1.29 is 42.1 Å². The molecule has 4 aromatic carbocycles. The first-order valence-electron chi connectivity index (χ1n) is 18.5. The lowest BCUT2D eigenvalue weighted by Crippen LogP contribution is -2.33. The summed E-state index contributed by atoms with van der Waals surface area (Å²) in [5.41, 5.74) is 7.72. The number of nitrogens with zero attached hydrogens (tertiary/aromatic N) is 2. The van der Waals surface area contributed by atoms with Crippen LogP contribution in [0.3, 0.4) is 0 Å². The zero-order chi connectivity index (χ0) is 38.3. The van der Waals surface area contributed by atoms with Gasteiger partial charge in [0, 0.05) is 71.3 Å². The fourth-order valence-electron chi connectivity index (χ4n) is 7.03. The summed E-state index contributed by atoms with van der Waals surface area (Å²) in [7, 11) is 3.31. The molecular formula is C44H46N2O9. The Morgan fingerprint density at radius 3 is 1.31 bits per heavy atom. The minimum absolute atomic E-state index is 0.448. The summed E-state index contributed by atoms with van der Waals surface area (Å²) in [5.74, 6) is 2.62. The number of benzene rings is 4. The number of anilines is 2. The van der Waals surface area contributed by atoms with Gasteiger partial charge in [-0.2, -0.15) is 0 Å². The van der Waals surface area contributed by atoms with Gasteiger partial charge in [0.2, 0.25) is 0 Å². The van der Waals surface area contributed by atoms with E-state index in [1.165, 1.54) is 0 Å². The molecule has 0 saturated carbocycles. The van der Waals surface area contributed by atoms with Crippen molar-refractivity contribution >= 4 is 45.9 Å². The third-order valence-corrected chi connectivity index (χ3v) is 9.91. The number of aldehydes is 2. The average Bonchev–Trinajstić information content (AvgIpc) is 3.81. The van der Waals surface area contributed by atoms with Crippen LogP contribution in [-0.4, -0.2) is 92.6 Å². The van der Waals surface area contributed by atoms with Gasteiger partial charge in [-0.1, -0.05) is 35.4 Å². The fourth-order valence-corrected chi connectivity index (χ4v) is 7.03. The summed E-state index contributed by atoms with van der Waals surface area (Å²) >= 11 is 0. The summed E-state index contributed by atoms with van der Waals surface area (Å²) in [6.07, 6.45) is 1.72. The van der Waals surface area contributed by atoms with Gasteiger partial charge in [-0.15, -0.1) is 0 Å². The Kier molecular flexibility index (Phi) is 11.8. The maximum atomic E-state index is 11.9. The van der Waals surface area contributed by atoms with E-state index in [0.717, 1.165) is 57.0 Å². The third kappa shape index (κ3) is 8.39. The monoisotopic (exact) mass is 746 g/mol. The number of carbonyl (C=O) groups is 2. The predicted molar refractivity (Wildman–Crippen MR) is 214 cm³/mol. The van der Waals surface area contributed by atoms with E-state index < -0.39 is 0 Å². The van der Waals surface area contributed by atoms with E-state index in [0.29, 0.717) is 111 Å². The second-order valence-corrected chi connectivity index (χ2v) is 13.6. The molecule has 3 heterocycles. The van der Waals surface area contributed by atoms with E-state index in [4.69, 9.17) is 32.5 Å². The molecule has 11 nitrogen and oxygen atoms in total. The van der Waals surface area contributed by atoms with Crippen molar-refractivity contribution in [2.75, 3.05) is 89.8 Å². The molecule has 0 radical (unpaired) electrons. The highest BCUT2D eigenvalue weighted by Gasteiger charge is 2.20. The first kappa shape index (κ1) is 37.7. The lowest BCUT2D eigenvalue weighted by Gasteiger charge is -2.27. The van der Waals surface area contributed by atoms with Crippen molar-refractivity contribution in [2.45, 2.75) is 13.8 Å².